The Bertz CT molecular complexity index is 784. The lowest BCUT2D eigenvalue weighted by molar-refractivity contribution is -0.217. The Kier molecular flexibility index (Phi) is 3.68. The lowest BCUT2D eigenvalue weighted by Gasteiger charge is -2.59. The van der Waals surface area contributed by atoms with E-state index >= 15 is 0 Å². The fourth-order valence-electron chi connectivity index (χ4n) is 7.77. The van der Waals surface area contributed by atoms with E-state index in [1.807, 2.05) is 20.8 Å². The van der Waals surface area contributed by atoms with Crippen LogP contribution in [0.3, 0.4) is 0 Å². The highest BCUT2D eigenvalue weighted by molar-refractivity contribution is 5.95. The predicted molar refractivity (Wildman–Crippen MR) is 102 cm³/mol. The molecule has 2 bridgehead atoms. The van der Waals surface area contributed by atoms with Crippen molar-refractivity contribution in [2.45, 2.75) is 71.7 Å². The van der Waals surface area contributed by atoms with Crippen molar-refractivity contribution in [1.82, 2.24) is 0 Å². The average Bonchev–Trinajstić information content (AvgIpc) is 3.17. The third-order valence-corrected chi connectivity index (χ3v) is 9.53. The molecule has 1 aliphatic heterocycles. The molecule has 5 rings (SSSR count). The zero-order valence-electron chi connectivity index (χ0n) is 17.5. The van der Waals surface area contributed by atoms with Gasteiger partial charge in [-0.05, 0) is 43.9 Å². The molecule has 1 heterocycles. The fourth-order valence-corrected chi connectivity index (χ4v) is 7.77. The highest BCUT2D eigenvalue weighted by Crippen LogP contribution is 2.75. The Morgan fingerprint density at radius 3 is 2.64 bits per heavy atom. The maximum Gasteiger partial charge on any atom is 0.303 e. The largest absolute Gasteiger partial charge is 0.454 e. The molecule has 0 aromatic carbocycles. The molecule has 0 radical (unpaired) electrons. The van der Waals surface area contributed by atoms with Gasteiger partial charge in [-0.15, -0.1) is 0 Å². The molecule has 0 amide bonds. The maximum absolute atomic E-state index is 14.1. The molecule has 1 saturated heterocycles. The lowest BCUT2D eigenvalue weighted by Crippen LogP contribution is -2.65. The Morgan fingerprint density at radius 2 is 2.04 bits per heavy atom. The smallest absolute Gasteiger partial charge is 0.303 e. The Labute approximate surface area is 166 Å². The predicted octanol–water partition coefficient (Wildman–Crippen LogP) is 2.90. The summed E-state index contributed by atoms with van der Waals surface area (Å²) in [6.45, 7) is 10.3. The monoisotopic (exact) mass is 388 g/mol. The van der Waals surface area contributed by atoms with Crippen molar-refractivity contribution in [3.8, 4) is 0 Å². The van der Waals surface area contributed by atoms with Crippen LogP contribution in [0.25, 0.3) is 0 Å². The van der Waals surface area contributed by atoms with E-state index in [4.69, 9.17) is 9.47 Å². The zero-order valence-corrected chi connectivity index (χ0v) is 17.5. The van der Waals surface area contributed by atoms with E-state index in [9.17, 15) is 14.7 Å². The van der Waals surface area contributed by atoms with Crippen molar-refractivity contribution >= 4 is 11.8 Å². The van der Waals surface area contributed by atoms with Gasteiger partial charge in [-0.25, -0.2) is 0 Å². The van der Waals surface area contributed by atoms with Gasteiger partial charge in [0.2, 0.25) is 0 Å². The second-order valence-corrected chi connectivity index (χ2v) is 10.7. The molecule has 9 atom stereocenters. The van der Waals surface area contributed by atoms with E-state index in [0.29, 0.717) is 25.4 Å². The molecule has 0 aromatic heterocycles. The number of hydrogen-bond donors (Lipinski definition) is 1. The molecule has 5 heteroatoms. The number of hydrogen-bond acceptors (Lipinski definition) is 5. The molecule has 5 aliphatic rings. The molecular formula is C23H32O5. The van der Waals surface area contributed by atoms with Crippen LogP contribution in [0.15, 0.2) is 11.6 Å². The second-order valence-electron chi connectivity index (χ2n) is 10.7. The topological polar surface area (TPSA) is 72.8 Å². The van der Waals surface area contributed by atoms with Crippen LogP contribution in [-0.2, 0) is 19.1 Å². The van der Waals surface area contributed by atoms with Crippen LogP contribution in [0.2, 0.25) is 0 Å². The van der Waals surface area contributed by atoms with Gasteiger partial charge in [0.1, 0.15) is 0 Å². The van der Waals surface area contributed by atoms with E-state index in [0.717, 1.165) is 12.0 Å². The molecule has 1 N–H and O–H groups in total. The van der Waals surface area contributed by atoms with Crippen LogP contribution >= 0.6 is 0 Å². The van der Waals surface area contributed by atoms with Gasteiger partial charge in [-0.2, -0.15) is 0 Å². The number of fused-ring (bicyclic) bond motifs is 4. The Morgan fingerprint density at radius 1 is 1.32 bits per heavy atom. The highest BCUT2D eigenvalue weighted by Gasteiger charge is 2.79. The Balaban J connectivity index is 1.69. The lowest BCUT2D eigenvalue weighted by atomic mass is 9.49. The van der Waals surface area contributed by atoms with Crippen LogP contribution in [0, 0.1) is 40.4 Å². The van der Waals surface area contributed by atoms with Crippen molar-refractivity contribution in [3.63, 3.8) is 0 Å². The molecule has 4 aliphatic carbocycles. The average molecular weight is 389 g/mol. The number of ketones is 1. The number of ether oxygens (including phenoxy) is 2. The van der Waals surface area contributed by atoms with Crippen LogP contribution < -0.4 is 0 Å². The SMILES string of the molecule is CC(=O)O[C@H]1C(=O)[C@@]23C(C[C@]4(O)CC=C(C)C1C4(C)C)C1CO[C@@H]1CC2[C@@H]3C. The van der Waals surface area contributed by atoms with Crippen molar-refractivity contribution < 1.29 is 24.2 Å². The standard InChI is InChI=1S/C23H32O5/c1-11-6-7-22(26)9-16-14-10-27-17(14)8-15-12(2)23(15,16)20(25)19(28-13(3)24)18(11)21(22,4)5/h6,12,14-19,26H,7-10H2,1-5H3/t12-,14?,15?,16?,17+,18?,19+,22+,23+/m0/s1. The van der Waals surface area contributed by atoms with Crippen molar-refractivity contribution in [3.05, 3.63) is 11.6 Å². The number of carbonyl (C=O) groups excluding carboxylic acids is 2. The van der Waals surface area contributed by atoms with Crippen molar-refractivity contribution in [1.29, 1.82) is 0 Å². The molecule has 4 fully saturated rings. The van der Waals surface area contributed by atoms with Crippen LogP contribution in [0.4, 0.5) is 0 Å². The summed E-state index contributed by atoms with van der Waals surface area (Å²) in [5.74, 6) is 0.350. The molecule has 28 heavy (non-hydrogen) atoms. The summed E-state index contributed by atoms with van der Waals surface area (Å²) in [6, 6.07) is 0. The summed E-state index contributed by atoms with van der Waals surface area (Å²) in [4.78, 5) is 26.2. The minimum Gasteiger partial charge on any atom is -0.454 e. The summed E-state index contributed by atoms with van der Waals surface area (Å²) in [5, 5.41) is 11.9. The molecule has 5 nitrogen and oxygen atoms in total. The fraction of sp³-hybridized carbons (Fsp3) is 0.826. The number of rotatable bonds is 1. The van der Waals surface area contributed by atoms with E-state index in [1.165, 1.54) is 6.92 Å². The first-order valence-electron chi connectivity index (χ1n) is 10.8. The van der Waals surface area contributed by atoms with E-state index in [1.54, 1.807) is 0 Å². The van der Waals surface area contributed by atoms with Gasteiger partial charge in [-0.3, -0.25) is 9.59 Å². The van der Waals surface area contributed by atoms with Crippen LogP contribution in [0.5, 0.6) is 0 Å². The van der Waals surface area contributed by atoms with Gasteiger partial charge >= 0.3 is 5.97 Å². The van der Waals surface area contributed by atoms with Crippen molar-refractivity contribution in [2.24, 2.45) is 40.4 Å². The summed E-state index contributed by atoms with van der Waals surface area (Å²) in [7, 11) is 0. The summed E-state index contributed by atoms with van der Waals surface area (Å²) < 4.78 is 11.6. The molecule has 3 saturated carbocycles. The van der Waals surface area contributed by atoms with E-state index < -0.39 is 28.5 Å². The van der Waals surface area contributed by atoms with E-state index in [2.05, 4.69) is 13.0 Å². The minimum atomic E-state index is -0.918. The molecule has 154 valence electrons. The zero-order chi connectivity index (χ0) is 20.2. The van der Waals surface area contributed by atoms with Gasteiger partial charge in [0.15, 0.2) is 11.9 Å². The van der Waals surface area contributed by atoms with Crippen LogP contribution in [0.1, 0.15) is 53.9 Å². The van der Waals surface area contributed by atoms with Gasteiger partial charge in [0.25, 0.3) is 0 Å². The second kappa shape index (κ2) is 5.48. The maximum atomic E-state index is 14.1. The van der Waals surface area contributed by atoms with E-state index in [-0.39, 0.29) is 35.6 Å². The third-order valence-electron chi connectivity index (χ3n) is 9.53. The summed E-state index contributed by atoms with van der Waals surface area (Å²) in [5.41, 5.74) is -0.896. The molecule has 1 spiro atoms. The van der Waals surface area contributed by atoms with Gasteiger partial charge in [0.05, 0.1) is 18.3 Å². The van der Waals surface area contributed by atoms with Gasteiger partial charge in [0, 0.05) is 29.6 Å². The number of aliphatic hydroxyl groups is 1. The number of carbonyl (C=O) groups is 2. The molecule has 0 aromatic rings. The highest BCUT2D eigenvalue weighted by atomic mass is 16.5. The first-order chi connectivity index (χ1) is 13.1. The number of esters is 1. The normalized spacial score (nSPS) is 53.3. The quantitative estimate of drug-likeness (QED) is 0.552. The third kappa shape index (κ3) is 2.00. The van der Waals surface area contributed by atoms with Gasteiger partial charge < -0.3 is 14.6 Å². The van der Waals surface area contributed by atoms with Gasteiger partial charge in [-0.1, -0.05) is 32.4 Å². The molecular weight excluding hydrogens is 356 g/mol. The van der Waals surface area contributed by atoms with Crippen molar-refractivity contribution in [2.75, 3.05) is 6.61 Å². The first-order valence-corrected chi connectivity index (χ1v) is 10.8. The molecule has 4 unspecified atom stereocenters. The summed E-state index contributed by atoms with van der Waals surface area (Å²) >= 11 is 0. The van der Waals surface area contributed by atoms with Crippen LogP contribution in [-0.4, -0.2) is 41.3 Å². The summed E-state index contributed by atoms with van der Waals surface area (Å²) in [6.07, 6.45) is 3.60. The number of Topliss-reactive ketones (excluding diaryl/α,β-unsaturated/α-hetero) is 1. The first kappa shape index (κ1) is 18.8. The minimum absolute atomic E-state index is 0.0996. The Hall–Kier alpha value is -1.20.